The largest absolute Gasteiger partial charge is 0.751 e. The minimum atomic E-state index is -6.15. The van der Waals surface area contributed by atoms with Crippen LogP contribution in [0.1, 0.15) is 0 Å². The summed E-state index contributed by atoms with van der Waals surface area (Å²) in [4.78, 5) is 11.1. The minimum absolute atomic E-state index is 0.836. The molecule has 0 bridgehead atoms. The summed E-state index contributed by atoms with van der Waals surface area (Å²) in [6.45, 7) is 0. The van der Waals surface area contributed by atoms with E-state index in [2.05, 4.69) is 17.7 Å². The molecule has 13 heteroatoms. The number of alkyl halides is 6. The first-order valence-electron chi connectivity index (χ1n) is 4.77. The molecule has 0 aliphatic carbocycles. The lowest BCUT2D eigenvalue weighted by atomic mass is 10.2. The van der Waals surface area contributed by atoms with Crippen LogP contribution in [-0.4, -0.2) is 48.7 Å². The zero-order valence-corrected chi connectivity index (χ0v) is 11.7. The smallest absolute Gasteiger partial charge is 0.446 e. The molecule has 0 fully saturated rings. The van der Waals surface area contributed by atoms with Gasteiger partial charge in [-0.1, -0.05) is 0 Å². The van der Waals surface area contributed by atoms with Crippen LogP contribution in [0.2, 0.25) is 0 Å². The maximum Gasteiger partial charge on any atom is 0.751 e. The van der Waals surface area contributed by atoms with Gasteiger partial charge in [-0.05, 0) is 0 Å². The molecule has 5 nitrogen and oxygen atoms in total. The number of carbonyl (C=O) groups excluding carboxylic acids is 1. The molecule has 0 amide bonds. The minimum Gasteiger partial charge on any atom is -0.446 e. The molecule has 0 aromatic rings. The standard InChI is InChI=1S/C8H9F7O5Si/c1-17-21(18-2,19-3)20-6(16)4(9)5(7(10,11)12)8(13,14)15/h1-3H3. The van der Waals surface area contributed by atoms with E-state index >= 15 is 0 Å². The summed E-state index contributed by atoms with van der Waals surface area (Å²) in [6, 6.07) is 0. The van der Waals surface area contributed by atoms with Crippen molar-refractivity contribution in [1.29, 1.82) is 0 Å². The fraction of sp³-hybridized carbons (Fsp3) is 0.625. The Bertz CT molecular complexity index is 388. The highest BCUT2D eigenvalue weighted by molar-refractivity contribution is 6.55. The fourth-order valence-corrected chi connectivity index (χ4v) is 2.11. The third-order valence-electron chi connectivity index (χ3n) is 1.93. The van der Waals surface area contributed by atoms with Gasteiger partial charge in [0.25, 0.3) is 0 Å². The molecule has 124 valence electrons. The van der Waals surface area contributed by atoms with E-state index in [-0.39, 0.29) is 0 Å². The Kier molecular flexibility index (Phi) is 6.34. The lowest BCUT2D eigenvalue weighted by molar-refractivity contribution is -0.177. The quantitative estimate of drug-likeness (QED) is 0.434. The first-order chi connectivity index (χ1) is 9.34. The second kappa shape index (κ2) is 6.72. The topological polar surface area (TPSA) is 54.0 Å². The number of rotatable bonds is 5. The zero-order chi connectivity index (χ0) is 17.1. The van der Waals surface area contributed by atoms with Crippen LogP contribution < -0.4 is 0 Å². The van der Waals surface area contributed by atoms with Gasteiger partial charge in [0.1, 0.15) is 0 Å². The van der Waals surface area contributed by atoms with E-state index in [1.54, 1.807) is 0 Å². The van der Waals surface area contributed by atoms with Crippen LogP contribution in [0.4, 0.5) is 30.7 Å². The Morgan fingerprint density at radius 3 is 1.43 bits per heavy atom. The monoisotopic (exact) mass is 346 g/mol. The highest BCUT2D eigenvalue weighted by Crippen LogP contribution is 2.41. The van der Waals surface area contributed by atoms with Crippen LogP contribution in [0, 0.1) is 0 Å². The molecule has 0 aliphatic heterocycles. The van der Waals surface area contributed by atoms with Crippen molar-refractivity contribution in [2.45, 2.75) is 12.4 Å². The van der Waals surface area contributed by atoms with E-state index in [1.165, 1.54) is 0 Å². The molecule has 0 radical (unpaired) electrons. The van der Waals surface area contributed by atoms with Gasteiger partial charge in [-0.25, -0.2) is 4.79 Å². The van der Waals surface area contributed by atoms with E-state index < -0.39 is 38.8 Å². The summed E-state index contributed by atoms with van der Waals surface area (Å²) in [5.74, 6) is -5.75. The van der Waals surface area contributed by atoms with Crippen LogP contribution in [0.15, 0.2) is 11.4 Å². The maximum absolute atomic E-state index is 13.2. The van der Waals surface area contributed by atoms with Crippen molar-refractivity contribution in [2.75, 3.05) is 21.3 Å². The van der Waals surface area contributed by atoms with Crippen molar-refractivity contribution >= 4 is 15.0 Å². The average Bonchev–Trinajstić information content (AvgIpc) is 2.32. The highest BCUT2D eigenvalue weighted by atomic mass is 28.4. The summed E-state index contributed by atoms with van der Waals surface area (Å²) in [5.41, 5.74) is -3.63. The third-order valence-corrected chi connectivity index (χ3v) is 3.87. The summed E-state index contributed by atoms with van der Waals surface area (Å²) in [7, 11) is -1.86. The summed E-state index contributed by atoms with van der Waals surface area (Å²) in [5, 5.41) is 0. The van der Waals surface area contributed by atoms with Crippen LogP contribution in [0.25, 0.3) is 0 Å². The highest BCUT2D eigenvalue weighted by Gasteiger charge is 2.56. The first-order valence-corrected chi connectivity index (χ1v) is 6.41. The number of hydrogen-bond donors (Lipinski definition) is 0. The second-order valence-electron chi connectivity index (χ2n) is 3.19. The molecule has 0 saturated carbocycles. The van der Waals surface area contributed by atoms with Crippen LogP contribution >= 0.6 is 0 Å². The molecule has 21 heavy (non-hydrogen) atoms. The van der Waals surface area contributed by atoms with Gasteiger partial charge in [-0.15, -0.1) is 0 Å². The Morgan fingerprint density at radius 1 is 0.857 bits per heavy atom. The average molecular weight is 346 g/mol. The van der Waals surface area contributed by atoms with Gasteiger partial charge in [0.05, 0.1) is 0 Å². The van der Waals surface area contributed by atoms with Gasteiger partial charge < -0.3 is 17.7 Å². The van der Waals surface area contributed by atoms with E-state index in [1.807, 2.05) is 0 Å². The van der Waals surface area contributed by atoms with E-state index in [0.717, 1.165) is 21.3 Å². The van der Waals surface area contributed by atoms with Crippen molar-refractivity contribution in [2.24, 2.45) is 0 Å². The summed E-state index contributed by atoms with van der Waals surface area (Å²) < 4.78 is 104. The van der Waals surface area contributed by atoms with E-state index in [9.17, 15) is 35.5 Å². The molecule has 0 unspecified atom stereocenters. The van der Waals surface area contributed by atoms with Gasteiger partial charge in [0.2, 0.25) is 5.83 Å². The molecule has 0 saturated heterocycles. The Morgan fingerprint density at radius 2 is 1.19 bits per heavy atom. The van der Waals surface area contributed by atoms with Crippen LogP contribution in [0.3, 0.4) is 0 Å². The normalized spacial score (nSPS) is 13.0. The van der Waals surface area contributed by atoms with E-state index in [0.29, 0.717) is 0 Å². The lowest BCUT2D eigenvalue weighted by Gasteiger charge is -2.22. The molecule has 0 aromatic heterocycles. The van der Waals surface area contributed by atoms with Gasteiger partial charge >= 0.3 is 27.4 Å². The number of halogens is 7. The number of hydrogen-bond acceptors (Lipinski definition) is 5. The molecular weight excluding hydrogens is 337 g/mol. The van der Waals surface area contributed by atoms with Gasteiger partial charge in [-0.3, -0.25) is 0 Å². The predicted octanol–water partition coefficient (Wildman–Crippen LogP) is 2.25. The Hall–Kier alpha value is -1.18. The lowest BCUT2D eigenvalue weighted by Crippen LogP contribution is -2.48. The first kappa shape index (κ1) is 19.8. The fourth-order valence-electron chi connectivity index (χ4n) is 1.04. The Labute approximate surface area is 114 Å². The molecule has 0 aromatic carbocycles. The van der Waals surface area contributed by atoms with Gasteiger partial charge in [0.15, 0.2) is 5.57 Å². The molecule has 0 atom stereocenters. The van der Waals surface area contributed by atoms with Crippen LogP contribution in [-0.2, 0) is 22.5 Å². The van der Waals surface area contributed by atoms with Crippen molar-refractivity contribution in [1.82, 2.24) is 0 Å². The second-order valence-corrected chi connectivity index (χ2v) is 5.62. The molecular formula is C8H9F7O5Si. The summed E-state index contributed by atoms with van der Waals surface area (Å²) in [6.07, 6.45) is -12.3. The van der Waals surface area contributed by atoms with Crippen LogP contribution in [0.5, 0.6) is 0 Å². The summed E-state index contributed by atoms with van der Waals surface area (Å²) >= 11 is 0. The third kappa shape index (κ3) is 4.94. The van der Waals surface area contributed by atoms with E-state index in [4.69, 9.17) is 0 Å². The molecule has 0 rings (SSSR count). The van der Waals surface area contributed by atoms with Crippen molar-refractivity contribution < 1.29 is 53.2 Å². The van der Waals surface area contributed by atoms with Gasteiger partial charge in [-0.2, -0.15) is 30.7 Å². The number of carbonyl (C=O) groups is 1. The predicted molar refractivity (Wildman–Crippen MR) is 53.1 cm³/mol. The van der Waals surface area contributed by atoms with Crippen molar-refractivity contribution in [3.8, 4) is 0 Å². The molecule has 0 spiro atoms. The SMILES string of the molecule is CO[Si](OC)(OC)OC(=O)C(F)=C(C(F)(F)F)C(F)(F)F. The number of allylic oxidation sites excluding steroid dienone is 1. The maximum atomic E-state index is 13.2. The zero-order valence-electron chi connectivity index (χ0n) is 10.7. The van der Waals surface area contributed by atoms with Gasteiger partial charge in [0, 0.05) is 21.3 Å². The van der Waals surface area contributed by atoms with Crippen molar-refractivity contribution in [3.05, 3.63) is 11.4 Å². The molecule has 0 aliphatic rings. The molecule has 0 heterocycles. The Balaban J connectivity index is 5.69. The van der Waals surface area contributed by atoms with Crippen molar-refractivity contribution in [3.63, 3.8) is 0 Å². The molecule has 0 N–H and O–H groups in total.